The predicted octanol–water partition coefficient (Wildman–Crippen LogP) is 1.97. The molecule has 0 heterocycles. The zero-order valence-electron chi connectivity index (χ0n) is 9.05. The number of hydrogen-bond acceptors (Lipinski definition) is 2. The maximum absolute atomic E-state index is 12.2. The third kappa shape index (κ3) is 2.16. The van der Waals surface area contributed by atoms with E-state index in [2.05, 4.69) is 0 Å². The molecule has 0 aliphatic heterocycles. The van der Waals surface area contributed by atoms with Crippen LogP contribution in [0.5, 0.6) is 0 Å². The van der Waals surface area contributed by atoms with Crippen LogP contribution >= 0.6 is 0 Å². The lowest BCUT2D eigenvalue weighted by Crippen LogP contribution is -2.28. The van der Waals surface area contributed by atoms with Crippen molar-refractivity contribution >= 4 is 16.8 Å². The lowest BCUT2D eigenvalue weighted by molar-refractivity contribution is -0.136. The fourth-order valence-electron chi connectivity index (χ4n) is 1.79. The smallest absolute Gasteiger partial charge is 0.319 e. The van der Waals surface area contributed by atoms with Gasteiger partial charge in [0.05, 0.1) is 10.8 Å². The van der Waals surface area contributed by atoms with Gasteiger partial charge in [0.15, 0.2) is 0 Å². The fourth-order valence-corrected chi connectivity index (χ4v) is 3.46. The minimum atomic E-state index is -1.43. The molecule has 0 amide bonds. The summed E-state index contributed by atoms with van der Waals surface area (Å²) in [5.74, 6) is -0.845. The first-order chi connectivity index (χ1) is 7.61. The van der Waals surface area contributed by atoms with Crippen molar-refractivity contribution in [3.8, 4) is 0 Å². The van der Waals surface area contributed by atoms with Gasteiger partial charge in [0.2, 0.25) is 0 Å². The Kier molecular flexibility index (Phi) is 3.10. The first-order valence-electron chi connectivity index (χ1n) is 5.30. The van der Waals surface area contributed by atoms with Crippen LogP contribution < -0.4 is 0 Å². The summed E-state index contributed by atoms with van der Waals surface area (Å²) in [6, 6.07) is 7.28. The molecule has 3 nitrogen and oxygen atoms in total. The minimum absolute atomic E-state index is 0.0953. The molecule has 1 aliphatic rings. The van der Waals surface area contributed by atoms with Crippen LogP contribution in [0.2, 0.25) is 0 Å². The highest BCUT2D eigenvalue weighted by Gasteiger charge is 2.41. The van der Waals surface area contributed by atoms with Crippen molar-refractivity contribution in [1.82, 2.24) is 0 Å². The van der Waals surface area contributed by atoms with Gasteiger partial charge in [0, 0.05) is 4.90 Å². The number of rotatable bonds is 4. The molecule has 0 saturated heterocycles. The topological polar surface area (TPSA) is 54.4 Å². The number of carboxylic acids is 1. The number of carbonyl (C=O) groups is 1. The number of benzene rings is 1. The zero-order valence-corrected chi connectivity index (χ0v) is 9.87. The Hall–Kier alpha value is -1.16. The van der Waals surface area contributed by atoms with Crippen molar-refractivity contribution in [1.29, 1.82) is 0 Å². The molecular weight excluding hydrogens is 224 g/mol. The van der Waals surface area contributed by atoms with Crippen molar-refractivity contribution in [2.24, 2.45) is 5.92 Å². The molecule has 1 aromatic rings. The average Bonchev–Trinajstić information content (AvgIpc) is 3.02. The molecule has 4 heteroatoms. The normalized spacial score (nSPS) is 19.1. The van der Waals surface area contributed by atoms with Gasteiger partial charge in [-0.3, -0.25) is 9.00 Å². The van der Waals surface area contributed by atoms with E-state index in [4.69, 9.17) is 5.11 Å². The molecule has 1 fully saturated rings. The second-order valence-electron chi connectivity index (χ2n) is 4.16. The highest BCUT2D eigenvalue weighted by molar-refractivity contribution is 7.86. The van der Waals surface area contributed by atoms with E-state index < -0.39 is 22.0 Å². The largest absolute Gasteiger partial charge is 0.480 e. The summed E-state index contributed by atoms with van der Waals surface area (Å²) in [5, 5.41) is 8.38. The van der Waals surface area contributed by atoms with Crippen LogP contribution in [0.1, 0.15) is 18.4 Å². The summed E-state index contributed by atoms with van der Waals surface area (Å²) in [4.78, 5) is 11.8. The van der Waals surface area contributed by atoms with E-state index in [1.807, 2.05) is 19.1 Å². The quantitative estimate of drug-likeness (QED) is 0.872. The van der Waals surface area contributed by atoms with E-state index in [0.29, 0.717) is 4.90 Å². The summed E-state index contributed by atoms with van der Waals surface area (Å²) < 4.78 is 12.2. The molecule has 1 N–H and O–H groups in total. The lowest BCUT2D eigenvalue weighted by atomic mass is 10.2. The van der Waals surface area contributed by atoms with Gasteiger partial charge in [-0.2, -0.15) is 0 Å². The van der Waals surface area contributed by atoms with Gasteiger partial charge < -0.3 is 5.11 Å². The number of aryl methyl sites for hydroxylation is 1. The predicted molar refractivity (Wildman–Crippen MR) is 61.7 cm³/mol. The highest BCUT2D eigenvalue weighted by atomic mass is 32.2. The summed E-state index contributed by atoms with van der Waals surface area (Å²) in [7, 11) is -1.43. The van der Waals surface area contributed by atoms with Crippen LogP contribution in [0.15, 0.2) is 29.2 Å². The number of carboxylic acid groups (broad SMARTS) is 1. The lowest BCUT2D eigenvalue weighted by Gasteiger charge is -2.12. The van der Waals surface area contributed by atoms with Crippen molar-refractivity contribution in [2.45, 2.75) is 29.9 Å². The van der Waals surface area contributed by atoms with Crippen molar-refractivity contribution in [2.75, 3.05) is 0 Å². The molecule has 2 atom stereocenters. The third-order valence-electron chi connectivity index (χ3n) is 2.83. The minimum Gasteiger partial charge on any atom is -0.480 e. The monoisotopic (exact) mass is 238 g/mol. The number of aliphatic carboxylic acids is 1. The summed E-state index contributed by atoms with van der Waals surface area (Å²) in [6.45, 7) is 1.86. The van der Waals surface area contributed by atoms with Crippen LogP contribution in [0.25, 0.3) is 0 Å². The highest BCUT2D eigenvalue weighted by Crippen LogP contribution is 2.37. The van der Waals surface area contributed by atoms with E-state index in [9.17, 15) is 9.00 Å². The van der Waals surface area contributed by atoms with Gasteiger partial charge in [-0.25, -0.2) is 0 Å². The van der Waals surface area contributed by atoms with Gasteiger partial charge in [-0.1, -0.05) is 18.2 Å². The third-order valence-corrected chi connectivity index (χ3v) is 4.77. The average molecular weight is 238 g/mol. The maximum atomic E-state index is 12.2. The molecule has 16 heavy (non-hydrogen) atoms. The van der Waals surface area contributed by atoms with Crippen LogP contribution in [0.4, 0.5) is 0 Å². The van der Waals surface area contributed by atoms with Gasteiger partial charge in [0.1, 0.15) is 5.25 Å². The molecule has 0 bridgehead atoms. The summed E-state index contributed by atoms with van der Waals surface area (Å²) >= 11 is 0. The van der Waals surface area contributed by atoms with E-state index in [0.717, 1.165) is 18.4 Å². The second kappa shape index (κ2) is 4.37. The molecule has 2 unspecified atom stereocenters. The van der Waals surface area contributed by atoms with Crippen LogP contribution in [-0.2, 0) is 15.6 Å². The Morgan fingerprint density at radius 3 is 2.56 bits per heavy atom. The molecule has 0 aromatic heterocycles. The van der Waals surface area contributed by atoms with E-state index in [-0.39, 0.29) is 5.92 Å². The van der Waals surface area contributed by atoms with Gasteiger partial charge in [-0.15, -0.1) is 0 Å². The second-order valence-corrected chi connectivity index (χ2v) is 5.70. The molecule has 1 aromatic carbocycles. The molecule has 2 rings (SSSR count). The maximum Gasteiger partial charge on any atom is 0.319 e. The molecule has 1 saturated carbocycles. The molecular formula is C12H14O3S. The zero-order chi connectivity index (χ0) is 11.7. The van der Waals surface area contributed by atoms with Crippen molar-refractivity contribution in [3.05, 3.63) is 29.8 Å². The van der Waals surface area contributed by atoms with Crippen LogP contribution in [0.3, 0.4) is 0 Å². The molecule has 0 radical (unpaired) electrons. The molecule has 1 aliphatic carbocycles. The van der Waals surface area contributed by atoms with Crippen molar-refractivity contribution in [3.63, 3.8) is 0 Å². The summed E-state index contributed by atoms with van der Waals surface area (Å²) in [6.07, 6.45) is 1.77. The first-order valence-corrected chi connectivity index (χ1v) is 6.51. The number of hydrogen-bond donors (Lipinski definition) is 1. The Morgan fingerprint density at radius 1 is 1.44 bits per heavy atom. The van der Waals surface area contributed by atoms with E-state index in [1.165, 1.54) is 0 Å². The first kappa shape index (κ1) is 11.3. The van der Waals surface area contributed by atoms with Gasteiger partial charge in [-0.05, 0) is 37.3 Å². The van der Waals surface area contributed by atoms with E-state index in [1.54, 1.807) is 12.1 Å². The van der Waals surface area contributed by atoms with Gasteiger partial charge in [0.25, 0.3) is 0 Å². The summed E-state index contributed by atoms with van der Waals surface area (Å²) in [5.41, 5.74) is 0.896. The standard InChI is InChI=1S/C12H14O3S/c1-8-4-2-3-5-10(8)16(15)11(12(13)14)9-6-7-9/h2-5,9,11H,6-7H2,1H3,(H,13,14). The fraction of sp³-hybridized carbons (Fsp3) is 0.417. The Bertz CT molecular complexity index is 438. The van der Waals surface area contributed by atoms with Crippen LogP contribution in [0, 0.1) is 12.8 Å². The Labute approximate surface area is 96.9 Å². The molecule has 86 valence electrons. The van der Waals surface area contributed by atoms with Crippen LogP contribution in [-0.4, -0.2) is 20.5 Å². The van der Waals surface area contributed by atoms with Crippen molar-refractivity contribution < 1.29 is 14.1 Å². The Morgan fingerprint density at radius 2 is 2.06 bits per heavy atom. The Balaban J connectivity index is 2.30. The van der Waals surface area contributed by atoms with Gasteiger partial charge >= 0.3 is 5.97 Å². The SMILES string of the molecule is Cc1ccccc1S(=O)C(C(=O)O)C1CC1. The molecule has 0 spiro atoms. The van der Waals surface area contributed by atoms with E-state index >= 15 is 0 Å².